The van der Waals surface area contributed by atoms with Crippen LogP contribution in [-0.4, -0.2) is 41.8 Å². The number of ether oxygens (including phenoxy) is 1. The number of hydrogen-bond acceptors (Lipinski definition) is 6. The van der Waals surface area contributed by atoms with Gasteiger partial charge < -0.3 is 10.1 Å². The Morgan fingerprint density at radius 1 is 1.02 bits per heavy atom. The Morgan fingerprint density at radius 2 is 1.64 bits per heavy atom. The standard InChI is InChI=1S/C30H33ClN4O6S/c1-18-27(28(37)35(34(18)2)24-6-4-3-5-7-24)33-42(39,40)25-12-22(11-23(31)13-25)29(38)41-17-26(36)32-30-14-19-8-20(15-30)10-21(9-19)16-30/h3-7,11-13,19-21,33H,8-10,14-17H2,1-2H3,(H,32,36). The molecule has 222 valence electrons. The van der Waals surface area contributed by atoms with Crippen LogP contribution in [0.4, 0.5) is 5.69 Å². The van der Waals surface area contributed by atoms with Gasteiger partial charge in [0.15, 0.2) is 6.61 Å². The Bertz CT molecular complexity index is 1690. The van der Waals surface area contributed by atoms with Crippen molar-refractivity contribution in [2.45, 2.75) is 55.9 Å². The summed E-state index contributed by atoms with van der Waals surface area (Å²) in [5.74, 6) is 0.717. The third-order valence-electron chi connectivity index (χ3n) is 8.99. The van der Waals surface area contributed by atoms with E-state index in [4.69, 9.17) is 16.3 Å². The highest BCUT2D eigenvalue weighted by Crippen LogP contribution is 2.55. The molecule has 0 saturated heterocycles. The number of para-hydroxylation sites is 1. The fourth-order valence-corrected chi connectivity index (χ4v) is 9.01. The van der Waals surface area contributed by atoms with Gasteiger partial charge in [0, 0.05) is 17.6 Å². The molecule has 3 aromatic rings. The molecule has 42 heavy (non-hydrogen) atoms. The molecule has 0 unspecified atom stereocenters. The Hall–Kier alpha value is -3.57. The summed E-state index contributed by atoms with van der Waals surface area (Å²) in [5.41, 5.74) is -0.0755. The molecule has 2 aromatic carbocycles. The molecule has 1 aromatic heterocycles. The number of carbonyl (C=O) groups excluding carboxylic acids is 2. The second kappa shape index (κ2) is 10.6. The monoisotopic (exact) mass is 612 g/mol. The molecular weight excluding hydrogens is 580 g/mol. The minimum Gasteiger partial charge on any atom is -0.452 e. The van der Waals surface area contributed by atoms with E-state index in [0.29, 0.717) is 29.1 Å². The number of amides is 1. The first-order valence-electron chi connectivity index (χ1n) is 14.1. The van der Waals surface area contributed by atoms with Crippen LogP contribution in [0.3, 0.4) is 0 Å². The number of anilines is 1. The summed E-state index contributed by atoms with van der Waals surface area (Å²) >= 11 is 6.19. The Balaban J connectivity index is 1.16. The van der Waals surface area contributed by atoms with Crippen LogP contribution in [0.5, 0.6) is 0 Å². The Morgan fingerprint density at radius 3 is 2.26 bits per heavy atom. The number of hydrogen-bond donors (Lipinski definition) is 2. The second-order valence-electron chi connectivity index (χ2n) is 12.0. The van der Waals surface area contributed by atoms with E-state index < -0.39 is 28.2 Å². The molecule has 1 amide bonds. The van der Waals surface area contributed by atoms with E-state index in [0.717, 1.165) is 25.3 Å². The van der Waals surface area contributed by atoms with E-state index in [2.05, 4.69) is 10.0 Å². The van der Waals surface area contributed by atoms with Crippen molar-refractivity contribution in [1.29, 1.82) is 0 Å². The number of rotatable bonds is 8. The highest BCUT2D eigenvalue weighted by molar-refractivity contribution is 7.92. The fraction of sp³-hybridized carbons (Fsp3) is 0.433. The van der Waals surface area contributed by atoms with Crippen LogP contribution >= 0.6 is 11.6 Å². The van der Waals surface area contributed by atoms with Gasteiger partial charge >= 0.3 is 5.97 Å². The third-order valence-corrected chi connectivity index (χ3v) is 10.5. The average Bonchev–Trinajstić information content (AvgIpc) is 3.13. The van der Waals surface area contributed by atoms with E-state index in [1.54, 1.807) is 42.9 Å². The SMILES string of the molecule is Cc1c(NS(=O)(=O)c2cc(Cl)cc(C(=O)OCC(=O)NC34CC5CC(CC(C5)C3)C4)c2)c(=O)n(-c2ccccc2)n1C. The average molecular weight is 613 g/mol. The molecule has 4 fully saturated rings. The summed E-state index contributed by atoms with van der Waals surface area (Å²) in [4.78, 5) is 38.6. The van der Waals surface area contributed by atoms with E-state index >= 15 is 0 Å². The molecule has 7 rings (SSSR count). The number of nitrogens with zero attached hydrogens (tertiary/aromatic N) is 2. The van der Waals surface area contributed by atoms with Crippen molar-refractivity contribution in [2.24, 2.45) is 24.8 Å². The summed E-state index contributed by atoms with van der Waals surface area (Å²) < 4.78 is 37.3. The maximum Gasteiger partial charge on any atom is 0.338 e. The summed E-state index contributed by atoms with van der Waals surface area (Å²) in [6, 6.07) is 12.4. The van der Waals surface area contributed by atoms with Gasteiger partial charge in [-0.15, -0.1) is 0 Å². The molecule has 4 aliphatic carbocycles. The molecular formula is C30H33ClN4O6S. The normalized spacial score (nSPS) is 24.4. The molecule has 0 aliphatic heterocycles. The van der Waals surface area contributed by atoms with Crippen LogP contribution in [0.2, 0.25) is 5.02 Å². The molecule has 0 atom stereocenters. The summed E-state index contributed by atoms with van der Waals surface area (Å²) in [7, 11) is -2.69. The number of benzene rings is 2. The molecule has 2 N–H and O–H groups in total. The molecule has 12 heteroatoms. The van der Waals surface area contributed by atoms with E-state index in [9.17, 15) is 22.8 Å². The number of halogens is 1. The van der Waals surface area contributed by atoms with Crippen LogP contribution in [-0.2, 0) is 26.6 Å². The first-order chi connectivity index (χ1) is 19.9. The number of aromatic nitrogens is 2. The van der Waals surface area contributed by atoms with E-state index in [1.807, 2.05) is 6.07 Å². The highest BCUT2D eigenvalue weighted by Gasteiger charge is 2.51. The summed E-state index contributed by atoms with van der Waals surface area (Å²) in [5, 5.41) is 3.13. The highest BCUT2D eigenvalue weighted by atomic mass is 35.5. The maximum atomic E-state index is 13.4. The number of esters is 1. The number of carbonyl (C=O) groups is 2. The first-order valence-corrected chi connectivity index (χ1v) is 15.9. The minimum atomic E-state index is -4.33. The Kier molecular flexibility index (Phi) is 7.21. The van der Waals surface area contributed by atoms with Gasteiger partial charge in [0.2, 0.25) is 0 Å². The lowest BCUT2D eigenvalue weighted by molar-refractivity contribution is -0.130. The van der Waals surface area contributed by atoms with Gasteiger partial charge in [-0.05, 0) is 93.5 Å². The van der Waals surface area contributed by atoms with Gasteiger partial charge in [-0.25, -0.2) is 17.9 Å². The number of sulfonamides is 1. The van der Waals surface area contributed by atoms with Crippen LogP contribution in [0.25, 0.3) is 5.69 Å². The van der Waals surface area contributed by atoms with Crippen molar-refractivity contribution in [3.05, 3.63) is 75.2 Å². The van der Waals surface area contributed by atoms with Crippen LogP contribution in [0.1, 0.15) is 54.6 Å². The topological polar surface area (TPSA) is 128 Å². The van der Waals surface area contributed by atoms with Crippen LogP contribution in [0, 0.1) is 24.7 Å². The molecule has 10 nitrogen and oxygen atoms in total. The Labute approximate surface area is 249 Å². The first kappa shape index (κ1) is 28.5. The fourth-order valence-electron chi connectivity index (χ4n) is 7.52. The molecule has 1 heterocycles. The van der Waals surface area contributed by atoms with Gasteiger partial charge in [-0.3, -0.25) is 19.0 Å². The minimum absolute atomic E-state index is 0.0191. The largest absolute Gasteiger partial charge is 0.452 e. The lowest BCUT2D eigenvalue weighted by Gasteiger charge is -2.56. The predicted octanol–water partition coefficient (Wildman–Crippen LogP) is 4.18. The quantitative estimate of drug-likeness (QED) is 0.367. The van der Waals surface area contributed by atoms with Crippen molar-refractivity contribution in [3.63, 3.8) is 0 Å². The van der Waals surface area contributed by atoms with Crippen molar-refractivity contribution < 1.29 is 22.7 Å². The molecule has 0 spiro atoms. The van der Waals surface area contributed by atoms with Gasteiger partial charge in [0.1, 0.15) is 5.69 Å². The lowest BCUT2D eigenvalue weighted by Crippen LogP contribution is -2.60. The van der Waals surface area contributed by atoms with Crippen LogP contribution in [0.15, 0.2) is 58.2 Å². The van der Waals surface area contributed by atoms with Gasteiger partial charge in [-0.2, -0.15) is 0 Å². The van der Waals surface area contributed by atoms with Crippen molar-refractivity contribution >= 4 is 39.2 Å². The maximum absolute atomic E-state index is 13.4. The second-order valence-corrected chi connectivity index (χ2v) is 14.2. The van der Waals surface area contributed by atoms with Crippen molar-refractivity contribution in [1.82, 2.24) is 14.7 Å². The van der Waals surface area contributed by atoms with Crippen molar-refractivity contribution in [3.8, 4) is 5.69 Å². The zero-order chi connectivity index (χ0) is 29.8. The molecule has 0 radical (unpaired) electrons. The zero-order valence-corrected chi connectivity index (χ0v) is 25.0. The van der Waals surface area contributed by atoms with E-state index in [-0.39, 0.29) is 32.6 Å². The predicted molar refractivity (Wildman–Crippen MR) is 157 cm³/mol. The summed E-state index contributed by atoms with van der Waals surface area (Å²) in [6.07, 6.45) is 6.64. The smallest absolute Gasteiger partial charge is 0.338 e. The molecule has 4 aliphatic rings. The van der Waals surface area contributed by atoms with Gasteiger partial charge in [-0.1, -0.05) is 29.8 Å². The lowest BCUT2D eigenvalue weighted by atomic mass is 9.53. The van der Waals surface area contributed by atoms with Gasteiger partial charge in [0.05, 0.1) is 21.8 Å². The number of nitrogens with one attached hydrogen (secondary N) is 2. The van der Waals surface area contributed by atoms with Crippen LogP contribution < -0.4 is 15.6 Å². The van der Waals surface area contributed by atoms with E-state index in [1.165, 1.54) is 36.1 Å². The van der Waals surface area contributed by atoms with Crippen molar-refractivity contribution in [2.75, 3.05) is 11.3 Å². The third kappa shape index (κ3) is 5.35. The zero-order valence-electron chi connectivity index (χ0n) is 23.4. The molecule has 4 bridgehead atoms. The van der Waals surface area contributed by atoms with Gasteiger partial charge in [0.25, 0.3) is 21.5 Å². The molecule has 4 saturated carbocycles. The summed E-state index contributed by atoms with van der Waals surface area (Å²) in [6.45, 7) is 1.14.